The molecule has 0 aliphatic heterocycles. The van der Waals surface area contributed by atoms with Crippen LogP contribution in [-0.4, -0.2) is 33.2 Å². The summed E-state index contributed by atoms with van der Waals surface area (Å²) in [6, 6.07) is 10.8. The summed E-state index contributed by atoms with van der Waals surface area (Å²) in [4.78, 5) is 30.6. The molecule has 1 aliphatic carbocycles. The lowest BCUT2D eigenvalue weighted by atomic mass is 10.1. The maximum Gasteiger partial charge on any atom is 0.350 e. The lowest BCUT2D eigenvalue weighted by molar-refractivity contribution is 0.0532. The normalized spacial score (nSPS) is 12.4. The van der Waals surface area contributed by atoms with E-state index in [0.717, 1.165) is 45.6 Å². The molecule has 0 saturated heterocycles. The number of carbonyl (C=O) groups is 2. The Kier molecular flexibility index (Phi) is 6.67. The van der Waals surface area contributed by atoms with Gasteiger partial charge in [-0.3, -0.25) is 10.1 Å². The fraction of sp³-hybridized carbons (Fsp3) is 0.200. The first-order chi connectivity index (χ1) is 17.4. The van der Waals surface area contributed by atoms with Gasteiger partial charge in [0.15, 0.2) is 22.5 Å². The van der Waals surface area contributed by atoms with Gasteiger partial charge in [0.05, 0.1) is 18.0 Å². The van der Waals surface area contributed by atoms with E-state index in [4.69, 9.17) is 4.74 Å². The van der Waals surface area contributed by atoms with Gasteiger partial charge >= 0.3 is 5.97 Å². The van der Waals surface area contributed by atoms with E-state index in [1.54, 1.807) is 6.92 Å². The van der Waals surface area contributed by atoms with Gasteiger partial charge in [0, 0.05) is 27.4 Å². The predicted octanol–water partition coefficient (Wildman–Crippen LogP) is 5.95. The van der Waals surface area contributed by atoms with Gasteiger partial charge in [0.25, 0.3) is 5.91 Å². The number of thiazole rings is 1. The highest BCUT2D eigenvalue weighted by molar-refractivity contribution is 9.10. The molecule has 11 heteroatoms. The standard InChI is InChI=1S/C25H19BrF2N4O3S/c1-2-35-24(34)22-20(13-6-8-14(26)9-7-13)29-25(36-22)30-23(33)21-16-4-3-5-19(16)32(31-21)15-10-11-17(27)18(28)12-15/h6-12H,2-5H2,1H3,(H,29,30,33). The van der Waals surface area contributed by atoms with Crippen molar-refractivity contribution in [3.63, 3.8) is 0 Å². The molecule has 0 fully saturated rings. The number of benzene rings is 2. The number of nitrogens with one attached hydrogen (secondary N) is 1. The van der Waals surface area contributed by atoms with E-state index in [2.05, 4.69) is 31.3 Å². The maximum absolute atomic E-state index is 13.8. The fourth-order valence-electron chi connectivity index (χ4n) is 4.12. The van der Waals surface area contributed by atoms with Gasteiger partial charge in [-0.1, -0.05) is 39.4 Å². The van der Waals surface area contributed by atoms with Crippen LogP contribution in [0.5, 0.6) is 0 Å². The van der Waals surface area contributed by atoms with E-state index in [9.17, 15) is 18.4 Å². The topological polar surface area (TPSA) is 86.1 Å². The number of rotatable bonds is 6. The number of amides is 1. The molecular weight excluding hydrogens is 554 g/mol. The van der Waals surface area contributed by atoms with Gasteiger partial charge in [0.2, 0.25) is 0 Å². The summed E-state index contributed by atoms with van der Waals surface area (Å²) in [5.74, 6) is -2.98. The third-order valence-corrected chi connectivity index (χ3v) is 7.20. The SMILES string of the molecule is CCOC(=O)c1sc(NC(=O)c2nn(-c3ccc(F)c(F)c3)c3c2CCC3)nc1-c1ccc(Br)cc1. The Balaban J connectivity index is 1.49. The third kappa shape index (κ3) is 4.56. The molecule has 0 spiro atoms. The second-order valence-electron chi connectivity index (χ2n) is 8.02. The zero-order valence-electron chi connectivity index (χ0n) is 19.0. The smallest absolute Gasteiger partial charge is 0.350 e. The molecular formula is C25H19BrF2N4O3S. The second kappa shape index (κ2) is 9.90. The molecule has 1 aliphatic rings. The molecule has 0 radical (unpaired) electrons. The minimum Gasteiger partial charge on any atom is -0.462 e. The Morgan fingerprint density at radius 1 is 1.14 bits per heavy atom. The van der Waals surface area contributed by atoms with Crippen molar-refractivity contribution in [2.45, 2.75) is 26.2 Å². The van der Waals surface area contributed by atoms with Crippen molar-refractivity contribution in [3.05, 3.63) is 80.4 Å². The number of anilines is 1. The molecule has 0 unspecified atom stereocenters. The molecule has 7 nitrogen and oxygen atoms in total. The van der Waals surface area contributed by atoms with Crippen LogP contribution < -0.4 is 5.32 Å². The number of aromatic nitrogens is 3. The van der Waals surface area contributed by atoms with Crippen LogP contribution in [0.15, 0.2) is 46.9 Å². The average molecular weight is 573 g/mol. The van der Waals surface area contributed by atoms with Gasteiger partial charge < -0.3 is 4.74 Å². The number of ether oxygens (including phenoxy) is 1. The lowest BCUT2D eigenvalue weighted by Crippen LogP contribution is -2.15. The van der Waals surface area contributed by atoms with Crippen molar-refractivity contribution in [1.82, 2.24) is 14.8 Å². The van der Waals surface area contributed by atoms with Gasteiger partial charge in [-0.2, -0.15) is 5.10 Å². The highest BCUT2D eigenvalue weighted by Gasteiger charge is 2.29. The van der Waals surface area contributed by atoms with Crippen molar-refractivity contribution in [2.75, 3.05) is 11.9 Å². The van der Waals surface area contributed by atoms with E-state index in [1.165, 1.54) is 10.7 Å². The number of hydrogen-bond acceptors (Lipinski definition) is 6. The Hall–Kier alpha value is -3.44. The van der Waals surface area contributed by atoms with E-state index in [1.807, 2.05) is 24.3 Å². The molecule has 2 heterocycles. The molecule has 4 aromatic rings. The predicted molar refractivity (Wildman–Crippen MR) is 135 cm³/mol. The summed E-state index contributed by atoms with van der Waals surface area (Å²) in [7, 11) is 0. The van der Waals surface area contributed by atoms with Crippen LogP contribution in [0.3, 0.4) is 0 Å². The molecule has 2 aromatic carbocycles. The number of esters is 1. The van der Waals surface area contributed by atoms with Gasteiger partial charge in [-0.05, 0) is 50.5 Å². The molecule has 0 saturated carbocycles. The van der Waals surface area contributed by atoms with Crippen LogP contribution >= 0.6 is 27.3 Å². The minimum absolute atomic E-state index is 0.185. The summed E-state index contributed by atoms with van der Waals surface area (Å²) in [6.45, 7) is 1.91. The van der Waals surface area contributed by atoms with Crippen LogP contribution in [-0.2, 0) is 17.6 Å². The Morgan fingerprint density at radius 2 is 1.92 bits per heavy atom. The van der Waals surface area contributed by atoms with Gasteiger partial charge in [0.1, 0.15) is 4.88 Å². The van der Waals surface area contributed by atoms with Crippen molar-refractivity contribution in [1.29, 1.82) is 0 Å². The number of carbonyl (C=O) groups excluding carboxylic acids is 2. The van der Waals surface area contributed by atoms with Crippen LogP contribution in [0.4, 0.5) is 13.9 Å². The van der Waals surface area contributed by atoms with Crippen LogP contribution in [0.1, 0.15) is 44.8 Å². The number of halogens is 3. The molecule has 184 valence electrons. The van der Waals surface area contributed by atoms with Crippen molar-refractivity contribution in [3.8, 4) is 16.9 Å². The van der Waals surface area contributed by atoms with E-state index >= 15 is 0 Å². The van der Waals surface area contributed by atoms with Crippen LogP contribution in [0.2, 0.25) is 0 Å². The Bertz CT molecular complexity index is 1480. The zero-order valence-corrected chi connectivity index (χ0v) is 21.4. The summed E-state index contributed by atoms with van der Waals surface area (Å²) in [6.07, 6.45) is 2.11. The van der Waals surface area contributed by atoms with Crippen LogP contribution in [0.25, 0.3) is 16.9 Å². The van der Waals surface area contributed by atoms with E-state index in [0.29, 0.717) is 29.8 Å². The van der Waals surface area contributed by atoms with Crippen LogP contribution in [0, 0.1) is 11.6 Å². The van der Waals surface area contributed by atoms with Crippen molar-refractivity contribution < 1.29 is 23.1 Å². The quantitative estimate of drug-likeness (QED) is 0.288. The second-order valence-corrected chi connectivity index (χ2v) is 9.93. The highest BCUT2D eigenvalue weighted by Crippen LogP contribution is 2.34. The molecule has 0 bridgehead atoms. The van der Waals surface area contributed by atoms with Gasteiger partial charge in [-0.15, -0.1) is 0 Å². The van der Waals surface area contributed by atoms with Gasteiger partial charge in [-0.25, -0.2) is 23.2 Å². The zero-order chi connectivity index (χ0) is 25.4. The first kappa shape index (κ1) is 24.3. The maximum atomic E-state index is 13.8. The third-order valence-electron chi connectivity index (χ3n) is 5.72. The largest absolute Gasteiger partial charge is 0.462 e. The summed E-state index contributed by atoms with van der Waals surface area (Å²) in [5.41, 5.74) is 3.16. The molecule has 1 N–H and O–H groups in total. The summed E-state index contributed by atoms with van der Waals surface area (Å²) < 4.78 is 34.8. The molecule has 36 heavy (non-hydrogen) atoms. The monoisotopic (exact) mass is 572 g/mol. The number of fused-ring (bicyclic) bond motifs is 1. The highest BCUT2D eigenvalue weighted by atomic mass is 79.9. The van der Waals surface area contributed by atoms with Crippen molar-refractivity contribution >= 4 is 44.3 Å². The first-order valence-electron chi connectivity index (χ1n) is 11.2. The Labute approximate surface area is 217 Å². The van der Waals surface area contributed by atoms with Crippen molar-refractivity contribution in [2.24, 2.45) is 0 Å². The average Bonchev–Trinajstić information content (AvgIpc) is 3.57. The lowest BCUT2D eigenvalue weighted by Gasteiger charge is -2.06. The van der Waals surface area contributed by atoms with E-state index < -0.39 is 23.5 Å². The molecule has 1 amide bonds. The molecule has 0 atom stereocenters. The number of nitrogens with zero attached hydrogens (tertiary/aromatic N) is 3. The van der Waals surface area contributed by atoms with E-state index in [-0.39, 0.29) is 22.3 Å². The molecule has 5 rings (SSSR count). The first-order valence-corrected chi connectivity index (χ1v) is 12.8. The minimum atomic E-state index is -0.990. The molecule has 2 aromatic heterocycles. The Morgan fingerprint density at radius 3 is 2.64 bits per heavy atom. The summed E-state index contributed by atoms with van der Waals surface area (Å²) in [5, 5.41) is 7.40. The number of hydrogen-bond donors (Lipinski definition) is 1. The summed E-state index contributed by atoms with van der Waals surface area (Å²) >= 11 is 4.40. The fourth-order valence-corrected chi connectivity index (χ4v) is 5.26.